The van der Waals surface area contributed by atoms with E-state index in [-0.39, 0.29) is 16.4 Å². The minimum atomic E-state index is -3.80. The summed E-state index contributed by atoms with van der Waals surface area (Å²) in [5, 5.41) is 2.19. The van der Waals surface area contributed by atoms with E-state index in [0.29, 0.717) is 23.4 Å². The van der Waals surface area contributed by atoms with Gasteiger partial charge in [0.15, 0.2) is 19.7 Å². The number of sulfone groups is 2. The van der Waals surface area contributed by atoms with Crippen molar-refractivity contribution in [3.8, 4) is 5.75 Å². The Morgan fingerprint density at radius 1 is 1.19 bits per heavy atom. The van der Waals surface area contributed by atoms with Crippen LogP contribution in [0.5, 0.6) is 5.75 Å². The van der Waals surface area contributed by atoms with Gasteiger partial charge in [-0.3, -0.25) is 0 Å². The number of hydrogen-bond acceptors (Lipinski definition) is 7. The summed E-state index contributed by atoms with van der Waals surface area (Å²) in [4.78, 5) is 2.22. The number of methoxy groups -OCH3 is 1. The van der Waals surface area contributed by atoms with Gasteiger partial charge in [0, 0.05) is 6.04 Å². The third-order valence-corrected chi connectivity index (χ3v) is 9.18. The van der Waals surface area contributed by atoms with Crippen LogP contribution in [0.15, 0.2) is 17.0 Å². The maximum atomic E-state index is 13.3. The molecular formula is C18H30N2O5S2. The average molecular weight is 419 g/mol. The summed E-state index contributed by atoms with van der Waals surface area (Å²) in [7, 11) is -1.74. The summed E-state index contributed by atoms with van der Waals surface area (Å²) in [5.74, 6) is 0.127. The topological polar surface area (TPSA) is 92.8 Å². The van der Waals surface area contributed by atoms with Crippen molar-refractivity contribution in [1.29, 1.82) is 0 Å². The Morgan fingerprint density at radius 3 is 2.44 bits per heavy atom. The first-order chi connectivity index (χ1) is 12.5. The quantitative estimate of drug-likeness (QED) is 0.624. The molecule has 0 amide bonds. The molecule has 1 aliphatic heterocycles. The van der Waals surface area contributed by atoms with Gasteiger partial charge in [0.05, 0.1) is 28.8 Å². The highest BCUT2D eigenvalue weighted by Crippen LogP contribution is 2.31. The van der Waals surface area contributed by atoms with Crippen LogP contribution in [0.25, 0.3) is 0 Å². The molecule has 1 N–H and O–H groups in total. The highest BCUT2D eigenvalue weighted by molar-refractivity contribution is 7.96. The van der Waals surface area contributed by atoms with Crippen LogP contribution in [0.4, 0.5) is 0 Å². The molecule has 0 radical (unpaired) electrons. The molecule has 0 unspecified atom stereocenters. The molecule has 2 atom stereocenters. The monoisotopic (exact) mass is 418 g/mol. The molecule has 7 nitrogen and oxygen atoms in total. The third-order valence-electron chi connectivity index (χ3n) is 4.89. The van der Waals surface area contributed by atoms with Gasteiger partial charge in [0.1, 0.15) is 5.75 Å². The van der Waals surface area contributed by atoms with Crippen molar-refractivity contribution < 1.29 is 21.6 Å². The van der Waals surface area contributed by atoms with Crippen molar-refractivity contribution in [3.63, 3.8) is 0 Å². The lowest BCUT2D eigenvalue weighted by Crippen LogP contribution is -2.44. The lowest BCUT2D eigenvalue weighted by atomic mass is 10.1. The predicted molar refractivity (Wildman–Crippen MR) is 107 cm³/mol. The average Bonchev–Trinajstić information content (AvgIpc) is 2.88. The molecule has 0 spiro atoms. The minimum Gasteiger partial charge on any atom is -0.496 e. The van der Waals surface area contributed by atoms with Crippen LogP contribution in [-0.2, 0) is 19.7 Å². The molecular weight excluding hydrogens is 388 g/mol. The second kappa shape index (κ2) is 8.46. The molecule has 1 aromatic carbocycles. The Hall–Kier alpha value is -1.16. The number of rotatable bonds is 8. The van der Waals surface area contributed by atoms with E-state index in [9.17, 15) is 16.8 Å². The van der Waals surface area contributed by atoms with Crippen LogP contribution in [0.2, 0.25) is 0 Å². The van der Waals surface area contributed by atoms with E-state index in [4.69, 9.17) is 4.74 Å². The van der Waals surface area contributed by atoms with Gasteiger partial charge < -0.3 is 15.0 Å². The summed E-state index contributed by atoms with van der Waals surface area (Å²) in [6, 6.07) is 2.67. The number of aryl methyl sites for hydroxylation is 2. The first-order valence-corrected chi connectivity index (χ1v) is 12.3. The van der Waals surface area contributed by atoms with Gasteiger partial charge in [-0.1, -0.05) is 0 Å². The molecule has 1 saturated heterocycles. The molecule has 1 aliphatic rings. The summed E-state index contributed by atoms with van der Waals surface area (Å²) < 4.78 is 56.2. The number of benzene rings is 1. The summed E-state index contributed by atoms with van der Waals surface area (Å²) in [6.07, 6.45) is 0.816. The van der Waals surface area contributed by atoms with Gasteiger partial charge in [-0.2, -0.15) is 0 Å². The van der Waals surface area contributed by atoms with Crippen LogP contribution in [0.1, 0.15) is 17.5 Å². The Bertz CT molecular complexity index is 879. The maximum absolute atomic E-state index is 13.3. The van der Waals surface area contributed by atoms with Gasteiger partial charge in [-0.15, -0.1) is 0 Å². The number of hydrogen-bond donors (Lipinski definition) is 1. The zero-order valence-electron chi connectivity index (χ0n) is 16.6. The molecule has 0 saturated carbocycles. The van der Waals surface area contributed by atoms with E-state index in [1.54, 1.807) is 26.0 Å². The van der Waals surface area contributed by atoms with Crippen LogP contribution < -0.4 is 10.1 Å². The van der Waals surface area contributed by atoms with Crippen molar-refractivity contribution in [2.24, 2.45) is 0 Å². The van der Waals surface area contributed by atoms with Gasteiger partial charge >= 0.3 is 0 Å². The summed E-state index contributed by atoms with van der Waals surface area (Å²) in [5.41, 5.74) is 1.27. The van der Waals surface area contributed by atoms with Crippen LogP contribution >= 0.6 is 0 Å². The SMILES string of the molecule is COc1cc(C)c(S(=O)(=O)[C@H]2CS(=O)(=O)C[C@@H]2NCCCN(C)C)cc1C. The van der Waals surface area contributed by atoms with Gasteiger partial charge in [-0.25, -0.2) is 16.8 Å². The third kappa shape index (κ3) is 5.22. The fourth-order valence-electron chi connectivity index (χ4n) is 3.45. The van der Waals surface area contributed by atoms with E-state index in [1.807, 2.05) is 19.0 Å². The maximum Gasteiger partial charge on any atom is 0.184 e. The van der Waals surface area contributed by atoms with E-state index in [2.05, 4.69) is 5.32 Å². The first-order valence-electron chi connectivity index (χ1n) is 8.95. The second-order valence-electron chi connectivity index (χ2n) is 7.47. The lowest BCUT2D eigenvalue weighted by Gasteiger charge is -2.22. The molecule has 1 fully saturated rings. The van der Waals surface area contributed by atoms with Crippen LogP contribution in [0, 0.1) is 13.8 Å². The fourth-order valence-corrected chi connectivity index (χ4v) is 8.47. The van der Waals surface area contributed by atoms with Crippen molar-refractivity contribution in [2.45, 2.75) is 36.5 Å². The minimum absolute atomic E-state index is 0.146. The summed E-state index contributed by atoms with van der Waals surface area (Å²) >= 11 is 0. The molecule has 1 aromatic rings. The molecule has 0 aromatic heterocycles. The first kappa shape index (κ1) is 22.1. The van der Waals surface area contributed by atoms with Crippen molar-refractivity contribution in [3.05, 3.63) is 23.3 Å². The van der Waals surface area contributed by atoms with Gasteiger partial charge in [-0.05, 0) is 70.7 Å². The Morgan fingerprint density at radius 2 is 1.85 bits per heavy atom. The molecule has 154 valence electrons. The van der Waals surface area contributed by atoms with E-state index >= 15 is 0 Å². The van der Waals surface area contributed by atoms with Gasteiger partial charge in [0.25, 0.3) is 0 Å². The highest BCUT2D eigenvalue weighted by atomic mass is 32.2. The second-order valence-corrected chi connectivity index (χ2v) is 11.8. The molecule has 1 heterocycles. The number of ether oxygens (including phenoxy) is 1. The Kier molecular flexibility index (Phi) is 6.94. The molecule has 0 bridgehead atoms. The van der Waals surface area contributed by atoms with Crippen LogP contribution in [-0.4, -0.2) is 78.8 Å². The number of nitrogens with zero attached hydrogens (tertiary/aromatic N) is 1. The normalized spacial score (nSPS) is 22.3. The zero-order chi connectivity index (χ0) is 20.4. The summed E-state index contributed by atoms with van der Waals surface area (Å²) in [6.45, 7) is 4.91. The molecule has 2 rings (SSSR count). The van der Waals surface area contributed by atoms with Crippen molar-refractivity contribution in [1.82, 2.24) is 10.2 Å². The van der Waals surface area contributed by atoms with Gasteiger partial charge in [0.2, 0.25) is 0 Å². The van der Waals surface area contributed by atoms with E-state index in [1.165, 1.54) is 7.11 Å². The lowest BCUT2D eigenvalue weighted by molar-refractivity contribution is 0.388. The zero-order valence-corrected chi connectivity index (χ0v) is 18.3. The van der Waals surface area contributed by atoms with E-state index in [0.717, 1.165) is 13.0 Å². The molecule has 0 aliphatic carbocycles. The fraction of sp³-hybridized carbons (Fsp3) is 0.667. The Balaban J connectivity index is 2.30. The number of nitrogens with one attached hydrogen (secondary N) is 1. The molecule has 9 heteroatoms. The standard InChI is InChI=1S/C18H30N2O5S2/c1-13-10-17(14(2)9-16(13)25-5)27(23,24)18-12-26(21,22)11-15(18)19-7-6-8-20(3)4/h9-10,15,18-19H,6-8,11-12H2,1-5H3/t15-,18-/m0/s1. The smallest absolute Gasteiger partial charge is 0.184 e. The highest BCUT2D eigenvalue weighted by Gasteiger charge is 2.46. The van der Waals surface area contributed by atoms with Crippen molar-refractivity contribution in [2.75, 3.05) is 45.8 Å². The van der Waals surface area contributed by atoms with Crippen LogP contribution in [0.3, 0.4) is 0 Å². The van der Waals surface area contributed by atoms with Crippen molar-refractivity contribution >= 4 is 19.7 Å². The molecule has 27 heavy (non-hydrogen) atoms. The Labute approximate surface area is 162 Å². The largest absolute Gasteiger partial charge is 0.496 e. The van der Waals surface area contributed by atoms with E-state index < -0.39 is 31.0 Å². The predicted octanol–water partition coefficient (Wildman–Crippen LogP) is 0.793.